The predicted octanol–water partition coefficient (Wildman–Crippen LogP) is 2.09. The smallest absolute Gasteiger partial charge is 0.115 e. The molecule has 0 amide bonds. The SMILES string of the molecule is CC(c1ccc(O)cc1)N1CCCN(C)CC1. The predicted molar refractivity (Wildman–Crippen MR) is 70.2 cm³/mol. The first-order chi connectivity index (χ1) is 8.16. The molecule has 0 aromatic heterocycles. The maximum Gasteiger partial charge on any atom is 0.115 e. The molecule has 0 radical (unpaired) electrons. The first kappa shape index (κ1) is 12.4. The molecule has 0 bridgehead atoms. The average molecular weight is 234 g/mol. The van der Waals surface area contributed by atoms with Gasteiger partial charge in [0.15, 0.2) is 0 Å². The lowest BCUT2D eigenvalue weighted by Gasteiger charge is -2.28. The van der Waals surface area contributed by atoms with Crippen LogP contribution in [0, 0.1) is 0 Å². The Morgan fingerprint density at radius 1 is 1.06 bits per heavy atom. The van der Waals surface area contributed by atoms with Gasteiger partial charge in [0.25, 0.3) is 0 Å². The van der Waals surface area contributed by atoms with Gasteiger partial charge in [-0.25, -0.2) is 0 Å². The van der Waals surface area contributed by atoms with Gasteiger partial charge >= 0.3 is 0 Å². The van der Waals surface area contributed by atoms with Crippen molar-refractivity contribution in [3.05, 3.63) is 29.8 Å². The van der Waals surface area contributed by atoms with E-state index in [1.54, 1.807) is 12.1 Å². The summed E-state index contributed by atoms with van der Waals surface area (Å²) in [4.78, 5) is 4.92. The number of hydrogen-bond donors (Lipinski definition) is 1. The number of benzene rings is 1. The number of nitrogens with zero attached hydrogens (tertiary/aromatic N) is 2. The van der Waals surface area contributed by atoms with Crippen molar-refractivity contribution in [2.24, 2.45) is 0 Å². The molecule has 0 saturated carbocycles. The molecule has 0 spiro atoms. The highest BCUT2D eigenvalue weighted by molar-refractivity contribution is 5.27. The molecule has 94 valence electrons. The van der Waals surface area contributed by atoms with E-state index in [0.717, 1.165) is 19.6 Å². The van der Waals surface area contributed by atoms with E-state index in [-0.39, 0.29) is 0 Å². The van der Waals surface area contributed by atoms with Gasteiger partial charge in [0, 0.05) is 25.7 Å². The Kier molecular flexibility index (Phi) is 4.02. The Hall–Kier alpha value is -1.06. The van der Waals surface area contributed by atoms with Crippen molar-refractivity contribution in [1.82, 2.24) is 9.80 Å². The van der Waals surface area contributed by atoms with E-state index >= 15 is 0 Å². The minimum atomic E-state index is 0.344. The van der Waals surface area contributed by atoms with E-state index in [1.165, 1.54) is 18.5 Å². The Bertz CT molecular complexity index is 350. The van der Waals surface area contributed by atoms with Crippen LogP contribution in [0.3, 0.4) is 0 Å². The van der Waals surface area contributed by atoms with Crippen molar-refractivity contribution < 1.29 is 5.11 Å². The fourth-order valence-electron chi connectivity index (χ4n) is 2.42. The number of phenolic OH excluding ortho intramolecular Hbond substituents is 1. The van der Waals surface area contributed by atoms with Crippen molar-refractivity contribution in [2.45, 2.75) is 19.4 Å². The molecule has 1 N–H and O–H groups in total. The van der Waals surface area contributed by atoms with E-state index < -0.39 is 0 Å². The van der Waals surface area contributed by atoms with E-state index in [2.05, 4.69) is 23.8 Å². The number of aromatic hydroxyl groups is 1. The van der Waals surface area contributed by atoms with E-state index in [9.17, 15) is 5.11 Å². The molecular formula is C14H22N2O. The normalized spacial score (nSPS) is 21.1. The molecule has 1 atom stereocenters. The summed E-state index contributed by atoms with van der Waals surface area (Å²) in [5, 5.41) is 9.31. The lowest BCUT2D eigenvalue weighted by molar-refractivity contribution is 0.217. The van der Waals surface area contributed by atoms with E-state index in [0.29, 0.717) is 11.8 Å². The zero-order valence-corrected chi connectivity index (χ0v) is 10.8. The molecule has 1 aliphatic heterocycles. The second-order valence-electron chi connectivity index (χ2n) is 4.96. The van der Waals surface area contributed by atoms with Gasteiger partial charge in [-0.1, -0.05) is 12.1 Å². The molecule has 0 aliphatic carbocycles. The molecule has 1 aromatic carbocycles. The van der Waals surface area contributed by atoms with Crippen LogP contribution in [0.2, 0.25) is 0 Å². The molecule has 1 aromatic rings. The Balaban J connectivity index is 2.03. The van der Waals surface area contributed by atoms with Gasteiger partial charge in [0.1, 0.15) is 5.75 Å². The molecule has 1 saturated heterocycles. The standard InChI is InChI=1S/C14H22N2O/c1-12(13-4-6-14(17)7-5-13)16-9-3-8-15(2)10-11-16/h4-7,12,17H,3,8-11H2,1-2H3. The Morgan fingerprint density at radius 2 is 1.76 bits per heavy atom. The zero-order chi connectivity index (χ0) is 12.3. The summed E-state index contributed by atoms with van der Waals surface area (Å²) in [6.45, 7) is 6.86. The third-order valence-corrected chi connectivity index (χ3v) is 3.68. The summed E-state index contributed by atoms with van der Waals surface area (Å²) in [7, 11) is 2.19. The highest BCUT2D eigenvalue weighted by Gasteiger charge is 2.18. The van der Waals surface area contributed by atoms with Crippen molar-refractivity contribution in [3.8, 4) is 5.75 Å². The number of phenols is 1. The van der Waals surface area contributed by atoms with Gasteiger partial charge < -0.3 is 10.0 Å². The second-order valence-corrected chi connectivity index (χ2v) is 4.96. The van der Waals surface area contributed by atoms with E-state index in [4.69, 9.17) is 0 Å². The van der Waals surface area contributed by atoms with Gasteiger partial charge in [-0.05, 0) is 44.6 Å². The van der Waals surface area contributed by atoms with E-state index in [1.807, 2.05) is 12.1 Å². The molecule has 2 rings (SSSR count). The van der Waals surface area contributed by atoms with Crippen LogP contribution in [0.5, 0.6) is 5.75 Å². The third kappa shape index (κ3) is 3.20. The maximum atomic E-state index is 9.31. The number of hydrogen-bond acceptors (Lipinski definition) is 3. The van der Waals surface area contributed by atoms with Crippen LogP contribution < -0.4 is 0 Å². The van der Waals surface area contributed by atoms with Gasteiger partial charge in [-0.2, -0.15) is 0 Å². The number of rotatable bonds is 2. The van der Waals surface area contributed by atoms with Gasteiger partial charge in [-0.3, -0.25) is 4.90 Å². The first-order valence-electron chi connectivity index (χ1n) is 6.38. The summed E-state index contributed by atoms with van der Waals surface area (Å²) < 4.78 is 0. The van der Waals surface area contributed by atoms with Crippen molar-refractivity contribution in [1.29, 1.82) is 0 Å². The summed E-state index contributed by atoms with van der Waals surface area (Å²) in [6, 6.07) is 8.02. The fourth-order valence-corrected chi connectivity index (χ4v) is 2.42. The minimum Gasteiger partial charge on any atom is -0.508 e. The Morgan fingerprint density at radius 3 is 2.47 bits per heavy atom. The average Bonchev–Trinajstić information content (AvgIpc) is 2.54. The van der Waals surface area contributed by atoms with Crippen molar-refractivity contribution in [3.63, 3.8) is 0 Å². The van der Waals surface area contributed by atoms with Crippen LogP contribution in [-0.2, 0) is 0 Å². The summed E-state index contributed by atoms with van der Waals surface area (Å²) in [6.07, 6.45) is 1.24. The fraction of sp³-hybridized carbons (Fsp3) is 0.571. The van der Waals surface area contributed by atoms with Crippen molar-refractivity contribution >= 4 is 0 Å². The zero-order valence-electron chi connectivity index (χ0n) is 10.8. The number of likely N-dealkylation sites (N-methyl/N-ethyl adjacent to an activating group) is 1. The molecule has 17 heavy (non-hydrogen) atoms. The lowest BCUT2D eigenvalue weighted by atomic mass is 10.1. The second kappa shape index (κ2) is 5.52. The highest BCUT2D eigenvalue weighted by atomic mass is 16.3. The van der Waals surface area contributed by atoms with Crippen molar-refractivity contribution in [2.75, 3.05) is 33.2 Å². The topological polar surface area (TPSA) is 26.7 Å². The quantitative estimate of drug-likeness (QED) is 0.849. The lowest BCUT2D eigenvalue weighted by Crippen LogP contribution is -2.31. The largest absolute Gasteiger partial charge is 0.508 e. The molecule has 1 heterocycles. The van der Waals surface area contributed by atoms with Gasteiger partial charge in [-0.15, -0.1) is 0 Å². The Labute approximate surface area is 104 Å². The molecule has 3 heteroatoms. The summed E-state index contributed by atoms with van der Waals surface area (Å²) in [5.74, 6) is 0.344. The molecule has 3 nitrogen and oxygen atoms in total. The monoisotopic (exact) mass is 234 g/mol. The molecule has 1 aliphatic rings. The van der Waals surface area contributed by atoms with Crippen LogP contribution in [0.15, 0.2) is 24.3 Å². The van der Waals surface area contributed by atoms with Crippen LogP contribution in [0.25, 0.3) is 0 Å². The third-order valence-electron chi connectivity index (χ3n) is 3.68. The van der Waals surface area contributed by atoms with Crippen LogP contribution >= 0.6 is 0 Å². The maximum absolute atomic E-state index is 9.31. The summed E-state index contributed by atoms with van der Waals surface area (Å²) in [5.41, 5.74) is 1.28. The molecule has 1 unspecified atom stereocenters. The molecular weight excluding hydrogens is 212 g/mol. The molecule has 1 fully saturated rings. The minimum absolute atomic E-state index is 0.344. The van der Waals surface area contributed by atoms with Crippen LogP contribution in [-0.4, -0.2) is 48.1 Å². The first-order valence-corrected chi connectivity index (χ1v) is 6.38. The van der Waals surface area contributed by atoms with Crippen LogP contribution in [0.4, 0.5) is 0 Å². The van der Waals surface area contributed by atoms with Crippen LogP contribution in [0.1, 0.15) is 24.9 Å². The van der Waals surface area contributed by atoms with Gasteiger partial charge in [0.05, 0.1) is 0 Å². The van der Waals surface area contributed by atoms with Gasteiger partial charge in [0.2, 0.25) is 0 Å². The highest BCUT2D eigenvalue weighted by Crippen LogP contribution is 2.23. The summed E-state index contributed by atoms with van der Waals surface area (Å²) >= 11 is 0.